The van der Waals surface area contributed by atoms with E-state index in [0.29, 0.717) is 11.0 Å². The molecular formula is C15H22N2S2. The van der Waals surface area contributed by atoms with Crippen LogP contribution in [0.15, 0.2) is 23.1 Å². The molecule has 1 fully saturated rings. The molecule has 4 heteroatoms. The summed E-state index contributed by atoms with van der Waals surface area (Å²) in [6, 6.07) is 7.08. The van der Waals surface area contributed by atoms with Crippen LogP contribution in [-0.4, -0.2) is 23.8 Å². The van der Waals surface area contributed by atoms with Gasteiger partial charge < -0.3 is 10.6 Å². The Morgan fingerprint density at radius 3 is 2.74 bits per heavy atom. The normalized spacial score (nSPS) is 14.4. The average Bonchev–Trinajstić information content (AvgIpc) is 3.23. The molecule has 0 aromatic heterocycles. The van der Waals surface area contributed by atoms with E-state index in [2.05, 4.69) is 36.3 Å². The van der Waals surface area contributed by atoms with Crippen LogP contribution in [0.3, 0.4) is 0 Å². The summed E-state index contributed by atoms with van der Waals surface area (Å²) in [6.07, 6.45) is 7.10. The highest BCUT2D eigenvalue weighted by Crippen LogP contribution is 2.36. The Labute approximate surface area is 125 Å². The second-order valence-corrected chi connectivity index (χ2v) is 6.28. The van der Waals surface area contributed by atoms with Gasteiger partial charge in [0.15, 0.2) is 0 Å². The van der Waals surface area contributed by atoms with Gasteiger partial charge in [0.2, 0.25) is 0 Å². The number of thioether (sulfide) groups is 1. The van der Waals surface area contributed by atoms with Gasteiger partial charge in [-0.2, -0.15) is 0 Å². The van der Waals surface area contributed by atoms with Crippen molar-refractivity contribution in [3.8, 4) is 0 Å². The maximum Gasteiger partial charge on any atom is 0.107 e. The number of anilines is 1. The van der Waals surface area contributed by atoms with Crippen molar-refractivity contribution in [1.29, 1.82) is 0 Å². The van der Waals surface area contributed by atoms with Crippen LogP contribution in [0.1, 0.15) is 38.2 Å². The van der Waals surface area contributed by atoms with Crippen LogP contribution < -0.4 is 10.6 Å². The predicted molar refractivity (Wildman–Crippen MR) is 89.4 cm³/mol. The number of unbranched alkanes of at least 4 members (excludes halogenated alkanes) is 1. The first-order chi connectivity index (χ1) is 9.19. The fourth-order valence-corrected chi connectivity index (χ4v) is 3.30. The molecule has 0 aliphatic heterocycles. The molecule has 1 saturated carbocycles. The third-order valence-corrected chi connectivity index (χ3v) is 4.50. The van der Waals surface area contributed by atoms with E-state index in [1.54, 1.807) is 11.8 Å². The summed E-state index contributed by atoms with van der Waals surface area (Å²) in [6.45, 7) is 3.34. The van der Waals surface area contributed by atoms with E-state index in [-0.39, 0.29) is 0 Å². The van der Waals surface area contributed by atoms with Crippen LogP contribution in [0.2, 0.25) is 0 Å². The summed E-state index contributed by atoms with van der Waals surface area (Å²) in [5.41, 5.74) is 8.26. The highest BCUT2D eigenvalue weighted by molar-refractivity contribution is 7.98. The molecule has 2 nitrogen and oxygen atoms in total. The largest absolute Gasteiger partial charge is 0.389 e. The Hall–Kier alpha value is -0.740. The first-order valence-electron chi connectivity index (χ1n) is 6.92. The van der Waals surface area contributed by atoms with Crippen LogP contribution in [0, 0.1) is 0 Å². The molecule has 0 heterocycles. The topological polar surface area (TPSA) is 29.3 Å². The summed E-state index contributed by atoms with van der Waals surface area (Å²) in [5.74, 6) is 0. The molecule has 1 aliphatic rings. The summed E-state index contributed by atoms with van der Waals surface area (Å²) in [4.78, 5) is 4.21. The molecule has 2 rings (SSSR count). The quantitative estimate of drug-likeness (QED) is 0.611. The molecule has 0 unspecified atom stereocenters. The van der Waals surface area contributed by atoms with Crippen molar-refractivity contribution in [2.45, 2.75) is 43.5 Å². The van der Waals surface area contributed by atoms with Crippen LogP contribution in [-0.2, 0) is 0 Å². The van der Waals surface area contributed by atoms with E-state index < -0.39 is 0 Å². The van der Waals surface area contributed by atoms with E-state index in [0.717, 1.165) is 12.1 Å². The van der Waals surface area contributed by atoms with Gasteiger partial charge in [-0.05, 0) is 37.7 Å². The number of rotatable bonds is 7. The Morgan fingerprint density at radius 1 is 1.47 bits per heavy atom. The molecule has 19 heavy (non-hydrogen) atoms. The summed E-state index contributed by atoms with van der Waals surface area (Å²) < 4.78 is 0. The smallest absolute Gasteiger partial charge is 0.107 e. The lowest BCUT2D eigenvalue weighted by molar-refractivity contribution is 0.712. The zero-order valence-corrected chi connectivity index (χ0v) is 13.3. The molecule has 0 atom stereocenters. The number of hydrogen-bond donors (Lipinski definition) is 1. The minimum atomic E-state index is 0.516. The monoisotopic (exact) mass is 294 g/mol. The van der Waals surface area contributed by atoms with Crippen molar-refractivity contribution >= 4 is 34.7 Å². The lowest BCUT2D eigenvalue weighted by Gasteiger charge is -2.27. The van der Waals surface area contributed by atoms with Crippen molar-refractivity contribution in [2.75, 3.05) is 17.7 Å². The number of thiocarbonyl (C=S) groups is 1. The fourth-order valence-electron chi connectivity index (χ4n) is 2.39. The van der Waals surface area contributed by atoms with Crippen LogP contribution in [0.25, 0.3) is 0 Å². The van der Waals surface area contributed by atoms with Gasteiger partial charge in [0.05, 0.1) is 0 Å². The highest BCUT2D eigenvalue weighted by atomic mass is 32.2. The first-order valence-corrected chi connectivity index (χ1v) is 8.55. The molecule has 104 valence electrons. The molecule has 0 bridgehead atoms. The zero-order chi connectivity index (χ0) is 13.8. The van der Waals surface area contributed by atoms with Crippen molar-refractivity contribution < 1.29 is 0 Å². The lowest BCUT2D eigenvalue weighted by atomic mass is 10.1. The predicted octanol–water partition coefficient (Wildman–Crippen LogP) is 3.81. The highest BCUT2D eigenvalue weighted by Gasteiger charge is 2.30. The van der Waals surface area contributed by atoms with Crippen LogP contribution in [0.5, 0.6) is 0 Å². The molecule has 1 aromatic carbocycles. The van der Waals surface area contributed by atoms with E-state index in [9.17, 15) is 0 Å². The van der Waals surface area contributed by atoms with Gasteiger partial charge in [-0.3, -0.25) is 0 Å². The molecule has 1 aromatic rings. The van der Waals surface area contributed by atoms with Gasteiger partial charge in [0.1, 0.15) is 4.99 Å². The molecule has 1 aliphatic carbocycles. The van der Waals surface area contributed by atoms with E-state index in [4.69, 9.17) is 18.0 Å². The van der Waals surface area contributed by atoms with Gasteiger partial charge in [0, 0.05) is 28.7 Å². The molecule has 0 spiro atoms. The fraction of sp³-hybridized carbons (Fsp3) is 0.533. The third kappa shape index (κ3) is 3.42. The van der Waals surface area contributed by atoms with E-state index >= 15 is 0 Å². The number of benzene rings is 1. The van der Waals surface area contributed by atoms with Gasteiger partial charge in [-0.1, -0.05) is 31.6 Å². The second kappa shape index (κ2) is 6.62. The van der Waals surface area contributed by atoms with Crippen molar-refractivity contribution in [1.82, 2.24) is 0 Å². The lowest BCUT2D eigenvalue weighted by Crippen LogP contribution is -2.29. The molecule has 0 amide bonds. The summed E-state index contributed by atoms with van der Waals surface area (Å²) in [7, 11) is 0. The van der Waals surface area contributed by atoms with Gasteiger partial charge in [0.25, 0.3) is 0 Å². The Morgan fingerprint density at radius 2 is 2.21 bits per heavy atom. The Balaban J connectivity index is 2.37. The van der Waals surface area contributed by atoms with Gasteiger partial charge in [-0.25, -0.2) is 0 Å². The van der Waals surface area contributed by atoms with Crippen molar-refractivity contribution in [3.05, 3.63) is 23.8 Å². The second-order valence-electron chi connectivity index (χ2n) is 5.00. The van der Waals surface area contributed by atoms with Crippen LogP contribution in [0.4, 0.5) is 5.69 Å². The first kappa shape index (κ1) is 14.7. The minimum absolute atomic E-state index is 0.516. The molecule has 0 radical (unpaired) electrons. The van der Waals surface area contributed by atoms with Crippen molar-refractivity contribution in [2.24, 2.45) is 5.73 Å². The average molecular weight is 294 g/mol. The molecule has 2 N–H and O–H groups in total. The number of hydrogen-bond acceptors (Lipinski definition) is 3. The summed E-state index contributed by atoms with van der Waals surface area (Å²) >= 11 is 7.00. The molecular weight excluding hydrogens is 272 g/mol. The number of nitrogens with two attached hydrogens (primary N) is 1. The zero-order valence-electron chi connectivity index (χ0n) is 11.7. The van der Waals surface area contributed by atoms with E-state index in [1.807, 2.05) is 0 Å². The number of nitrogens with zero attached hydrogens (tertiary/aromatic N) is 1. The van der Waals surface area contributed by atoms with Crippen molar-refractivity contribution in [3.63, 3.8) is 0 Å². The Kier molecular flexibility index (Phi) is 5.11. The SMILES string of the molecule is CCCCN(c1cccc(SC)c1C(N)=S)C1CC1. The molecule has 0 saturated heterocycles. The maximum absolute atomic E-state index is 5.97. The van der Waals surface area contributed by atoms with E-state index in [1.165, 1.54) is 36.3 Å². The standard InChI is InChI=1S/C15H22N2S2/c1-3-4-10-17(11-8-9-11)12-6-5-7-13(19-2)14(12)15(16)18/h5-7,11H,3-4,8-10H2,1-2H3,(H2,16,18). The summed E-state index contributed by atoms with van der Waals surface area (Å²) in [5, 5.41) is 0. The van der Waals surface area contributed by atoms with Crippen LogP contribution >= 0.6 is 24.0 Å². The minimum Gasteiger partial charge on any atom is -0.389 e. The third-order valence-electron chi connectivity index (χ3n) is 3.52. The van der Waals surface area contributed by atoms with Gasteiger partial charge >= 0.3 is 0 Å². The van der Waals surface area contributed by atoms with Gasteiger partial charge in [-0.15, -0.1) is 11.8 Å². The Bertz CT molecular complexity index is 455. The maximum atomic E-state index is 5.97.